The Bertz CT molecular complexity index is 1440. The maximum atomic E-state index is 12.8. The van der Waals surface area contributed by atoms with Gasteiger partial charge in [-0.05, 0) is 103 Å². The van der Waals surface area contributed by atoms with Gasteiger partial charge in [-0.2, -0.15) is 0 Å². The van der Waals surface area contributed by atoms with Crippen LogP contribution in [0.1, 0.15) is 290 Å². The van der Waals surface area contributed by atoms with Crippen LogP contribution in [-0.4, -0.2) is 37.2 Å². The lowest BCUT2D eigenvalue weighted by atomic mass is 10.1. The number of allylic oxidation sites excluding steroid dienone is 16. The van der Waals surface area contributed by atoms with Gasteiger partial charge in [-0.15, -0.1) is 0 Å². The Morgan fingerprint density at radius 2 is 0.534 bits per heavy atom. The highest BCUT2D eigenvalue weighted by molar-refractivity contribution is 5.71. The van der Waals surface area contributed by atoms with Gasteiger partial charge in [0.2, 0.25) is 0 Å². The van der Waals surface area contributed by atoms with Gasteiger partial charge in [0.25, 0.3) is 0 Å². The first kappa shape index (κ1) is 69.3. The maximum absolute atomic E-state index is 12.8. The Morgan fingerprint density at radius 1 is 0.288 bits per heavy atom. The fourth-order valence-corrected chi connectivity index (χ4v) is 8.48. The molecular formula is C67H114O6. The summed E-state index contributed by atoms with van der Waals surface area (Å²) in [5, 5.41) is 0. The second kappa shape index (κ2) is 60.9. The summed E-state index contributed by atoms with van der Waals surface area (Å²) in [7, 11) is 0. The first-order valence-electron chi connectivity index (χ1n) is 30.7. The number of esters is 3. The molecule has 0 aliphatic rings. The third-order valence-corrected chi connectivity index (χ3v) is 13.1. The Labute approximate surface area is 451 Å². The monoisotopic (exact) mass is 1010 g/mol. The van der Waals surface area contributed by atoms with Crippen molar-refractivity contribution in [1.82, 2.24) is 0 Å². The van der Waals surface area contributed by atoms with E-state index in [2.05, 4.69) is 118 Å². The molecule has 0 aliphatic heterocycles. The molecule has 418 valence electrons. The first-order chi connectivity index (χ1) is 36.0. The topological polar surface area (TPSA) is 78.9 Å². The van der Waals surface area contributed by atoms with E-state index >= 15 is 0 Å². The van der Waals surface area contributed by atoms with Crippen LogP contribution in [0.5, 0.6) is 0 Å². The molecule has 0 rings (SSSR count). The van der Waals surface area contributed by atoms with Gasteiger partial charge in [0.1, 0.15) is 13.2 Å². The summed E-state index contributed by atoms with van der Waals surface area (Å²) in [4.78, 5) is 38.1. The molecule has 0 saturated heterocycles. The summed E-state index contributed by atoms with van der Waals surface area (Å²) in [6.45, 7) is 6.48. The highest BCUT2D eigenvalue weighted by Crippen LogP contribution is 2.15. The molecule has 0 heterocycles. The Kier molecular flexibility index (Phi) is 57.8. The molecule has 0 saturated carbocycles. The fraction of sp³-hybridized carbons (Fsp3) is 0.716. The molecule has 0 aromatic carbocycles. The van der Waals surface area contributed by atoms with Gasteiger partial charge < -0.3 is 14.2 Å². The number of hydrogen-bond donors (Lipinski definition) is 0. The van der Waals surface area contributed by atoms with Crippen LogP contribution in [0.2, 0.25) is 0 Å². The van der Waals surface area contributed by atoms with E-state index in [1.807, 2.05) is 0 Å². The highest BCUT2D eigenvalue weighted by atomic mass is 16.6. The lowest BCUT2D eigenvalue weighted by molar-refractivity contribution is -0.167. The third kappa shape index (κ3) is 59.1. The van der Waals surface area contributed by atoms with Gasteiger partial charge in [0.05, 0.1) is 0 Å². The highest BCUT2D eigenvalue weighted by Gasteiger charge is 2.19. The van der Waals surface area contributed by atoms with Gasteiger partial charge in [0, 0.05) is 19.3 Å². The van der Waals surface area contributed by atoms with E-state index in [1.165, 1.54) is 141 Å². The fourth-order valence-electron chi connectivity index (χ4n) is 8.48. The smallest absolute Gasteiger partial charge is 0.306 e. The molecule has 0 fully saturated rings. The van der Waals surface area contributed by atoms with Crippen molar-refractivity contribution in [3.05, 3.63) is 97.2 Å². The van der Waals surface area contributed by atoms with Gasteiger partial charge >= 0.3 is 17.9 Å². The Hall–Kier alpha value is -3.67. The molecule has 6 heteroatoms. The van der Waals surface area contributed by atoms with Crippen LogP contribution >= 0.6 is 0 Å². The minimum absolute atomic E-state index is 0.0800. The average molecular weight is 1020 g/mol. The van der Waals surface area contributed by atoms with E-state index in [4.69, 9.17) is 14.2 Å². The molecule has 0 aromatic heterocycles. The zero-order valence-corrected chi connectivity index (χ0v) is 47.9. The van der Waals surface area contributed by atoms with Crippen LogP contribution in [0.15, 0.2) is 97.2 Å². The number of carbonyl (C=O) groups is 3. The van der Waals surface area contributed by atoms with Crippen molar-refractivity contribution >= 4 is 17.9 Å². The summed E-state index contributed by atoms with van der Waals surface area (Å²) in [6.07, 6.45) is 81.3. The molecule has 0 N–H and O–H groups in total. The number of unbranched alkanes of at least 4 members (excludes halogenated alkanes) is 28. The van der Waals surface area contributed by atoms with Crippen LogP contribution in [0, 0.1) is 0 Å². The van der Waals surface area contributed by atoms with E-state index < -0.39 is 6.10 Å². The lowest BCUT2D eigenvalue weighted by Crippen LogP contribution is -2.30. The normalized spacial score (nSPS) is 12.8. The molecule has 0 spiro atoms. The van der Waals surface area contributed by atoms with E-state index in [-0.39, 0.29) is 31.1 Å². The van der Waals surface area contributed by atoms with Crippen molar-refractivity contribution in [1.29, 1.82) is 0 Å². The van der Waals surface area contributed by atoms with Crippen LogP contribution in [0.25, 0.3) is 0 Å². The summed E-state index contributed by atoms with van der Waals surface area (Å²) in [5.41, 5.74) is 0. The van der Waals surface area contributed by atoms with Gasteiger partial charge in [0.15, 0.2) is 6.10 Å². The standard InChI is InChI=1S/C67H114O6/c1-4-7-10-13-16-19-21-23-25-27-29-30-31-32-33-34-35-36-37-38-39-41-42-44-46-48-51-54-57-60-66(69)72-63-64(62-71-65(68)59-56-53-50-18-15-12-9-6-3)73-67(70)61-58-55-52-49-47-45-43-40-28-26-24-22-20-17-14-11-8-5-2/h7,10,16,19-20,22-23,25-26,28-30,32-33,35-36,64H,4-6,8-9,11-15,17-18,21,24,27,31,34,37-63H2,1-3H3/b10-7-,19-16-,22-20-,25-23-,28-26-,30-29-,33-32-,36-35-. The zero-order chi connectivity index (χ0) is 52.9. The van der Waals surface area contributed by atoms with Crippen molar-refractivity contribution in [3.63, 3.8) is 0 Å². The predicted molar refractivity (Wildman–Crippen MR) is 316 cm³/mol. The van der Waals surface area contributed by atoms with Crippen molar-refractivity contribution in [3.8, 4) is 0 Å². The number of ether oxygens (including phenoxy) is 3. The molecule has 0 bridgehead atoms. The molecule has 73 heavy (non-hydrogen) atoms. The van der Waals surface area contributed by atoms with Gasteiger partial charge in [-0.3, -0.25) is 14.4 Å². The van der Waals surface area contributed by atoms with Crippen LogP contribution in [-0.2, 0) is 28.6 Å². The summed E-state index contributed by atoms with van der Waals surface area (Å²) >= 11 is 0. The first-order valence-corrected chi connectivity index (χ1v) is 30.7. The average Bonchev–Trinajstić information content (AvgIpc) is 3.39. The van der Waals surface area contributed by atoms with E-state index in [1.54, 1.807) is 0 Å². The molecule has 1 atom stereocenters. The molecule has 0 aromatic rings. The van der Waals surface area contributed by atoms with Crippen molar-refractivity contribution in [2.45, 2.75) is 297 Å². The van der Waals surface area contributed by atoms with E-state index in [9.17, 15) is 14.4 Å². The molecular weight excluding hydrogens is 901 g/mol. The van der Waals surface area contributed by atoms with Crippen LogP contribution in [0.3, 0.4) is 0 Å². The largest absolute Gasteiger partial charge is 0.462 e. The van der Waals surface area contributed by atoms with E-state index in [0.29, 0.717) is 19.3 Å². The van der Waals surface area contributed by atoms with Crippen LogP contribution < -0.4 is 0 Å². The predicted octanol–water partition coefficient (Wildman–Crippen LogP) is 20.9. The van der Waals surface area contributed by atoms with Gasteiger partial charge in [-0.1, -0.05) is 266 Å². The van der Waals surface area contributed by atoms with E-state index in [0.717, 1.165) is 109 Å². The third-order valence-electron chi connectivity index (χ3n) is 13.1. The van der Waals surface area contributed by atoms with Crippen LogP contribution in [0.4, 0.5) is 0 Å². The lowest BCUT2D eigenvalue weighted by Gasteiger charge is -2.18. The minimum atomic E-state index is -0.781. The molecule has 1 unspecified atom stereocenters. The quantitative estimate of drug-likeness (QED) is 0.0261. The minimum Gasteiger partial charge on any atom is -0.462 e. The Balaban J connectivity index is 4.19. The molecule has 0 amide bonds. The molecule has 0 radical (unpaired) electrons. The van der Waals surface area contributed by atoms with Crippen molar-refractivity contribution in [2.24, 2.45) is 0 Å². The molecule has 6 nitrogen and oxygen atoms in total. The number of hydrogen-bond acceptors (Lipinski definition) is 6. The number of carbonyl (C=O) groups excluding carboxylic acids is 3. The van der Waals surface area contributed by atoms with Crippen molar-refractivity contribution in [2.75, 3.05) is 13.2 Å². The second-order valence-corrected chi connectivity index (χ2v) is 20.2. The van der Waals surface area contributed by atoms with Gasteiger partial charge in [-0.25, -0.2) is 0 Å². The Morgan fingerprint density at radius 3 is 0.849 bits per heavy atom. The van der Waals surface area contributed by atoms with Crippen molar-refractivity contribution < 1.29 is 28.6 Å². The second-order valence-electron chi connectivity index (χ2n) is 20.2. The SMILES string of the molecule is CC/C=C\C/C=C\C/C=C\C/C=C\C/C=C\C/C=C\CCCCCCCCCCCCC(=O)OCC(COC(=O)CCCCCCCCCC)OC(=O)CCCCCCCCC/C=C\C/C=C\CCCCCC. The summed E-state index contributed by atoms with van der Waals surface area (Å²) < 4.78 is 16.8. The zero-order valence-electron chi connectivity index (χ0n) is 47.9. The molecule has 0 aliphatic carbocycles. The summed E-state index contributed by atoms with van der Waals surface area (Å²) in [6, 6.07) is 0. The number of rotatable bonds is 55. The maximum Gasteiger partial charge on any atom is 0.306 e. The summed E-state index contributed by atoms with van der Waals surface area (Å²) in [5.74, 6) is -0.891.